The summed E-state index contributed by atoms with van der Waals surface area (Å²) in [7, 11) is 0.323. The fourth-order valence-corrected chi connectivity index (χ4v) is 1.82. The topological polar surface area (TPSA) is 75.0 Å². The predicted molar refractivity (Wildman–Crippen MR) is 72.0 cm³/mol. The minimum atomic E-state index is -0.874. The molecule has 1 fully saturated rings. The molecule has 1 aliphatic heterocycles. The Balaban J connectivity index is 2.42. The zero-order valence-electron chi connectivity index (χ0n) is 12.2. The van der Waals surface area contributed by atoms with E-state index < -0.39 is 29.7 Å². The van der Waals surface area contributed by atoms with Crippen LogP contribution in [0.25, 0.3) is 0 Å². The molecule has 0 aromatic carbocycles. The maximum Gasteiger partial charge on any atom is 0.502 e. The van der Waals surface area contributed by atoms with Crippen molar-refractivity contribution in [3.63, 3.8) is 0 Å². The first-order valence-electron chi connectivity index (χ1n) is 6.24. The average molecular weight is 280 g/mol. The van der Waals surface area contributed by atoms with Crippen LogP contribution < -0.4 is 10.9 Å². The summed E-state index contributed by atoms with van der Waals surface area (Å²) in [5.74, 6) is -0.753. The summed E-state index contributed by atoms with van der Waals surface area (Å²) in [6.45, 7) is 7.50. The van der Waals surface area contributed by atoms with Crippen LogP contribution in [0.4, 0.5) is 0 Å². The number of hydrogen-bond donors (Lipinski definition) is 0. The van der Waals surface area contributed by atoms with Crippen LogP contribution in [-0.4, -0.2) is 31.4 Å². The van der Waals surface area contributed by atoms with Gasteiger partial charge < -0.3 is 18.5 Å². The number of carbonyl (C=O) groups excluding carboxylic acids is 1. The fourth-order valence-electron chi connectivity index (χ4n) is 1.82. The predicted octanol–water partition coefficient (Wildman–Crippen LogP) is 0.726. The second-order valence-corrected chi connectivity index (χ2v) is 5.65. The summed E-state index contributed by atoms with van der Waals surface area (Å²) in [6.07, 6.45) is 2.29. The maximum absolute atomic E-state index is 12.3. The van der Waals surface area contributed by atoms with E-state index in [2.05, 4.69) is 4.74 Å². The quantitative estimate of drug-likeness (QED) is 0.587. The van der Waals surface area contributed by atoms with E-state index >= 15 is 0 Å². The lowest BCUT2D eigenvalue weighted by atomic mass is 9.79. The average Bonchev–Trinajstić information content (AvgIpc) is 2.57. The van der Waals surface area contributed by atoms with E-state index in [1.807, 2.05) is 27.7 Å². The lowest BCUT2D eigenvalue weighted by Crippen LogP contribution is -2.45. The zero-order valence-corrected chi connectivity index (χ0v) is 12.2. The van der Waals surface area contributed by atoms with E-state index in [-0.39, 0.29) is 11.0 Å². The van der Waals surface area contributed by atoms with Crippen molar-refractivity contribution in [1.29, 1.82) is 0 Å². The minimum absolute atomic E-state index is 0.145. The van der Waals surface area contributed by atoms with Crippen LogP contribution >= 0.6 is 0 Å². The fraction of sp³-hybridized carbons (Fsp3) is 0.538. The molecule has 1 saturated heterocycles. The van der Waals surface area contributed by atoms with Gasteiger partial charge in [-0.2, -0.15) is 0 Å². The number of ether oxygens (including phenoxy) is 1. The zero-order chi connectivity index (χ0) is 15.1. The molecule has 0 spiro atoms. The number of esters is 1. The highest BCUT2D eigenvalue weighted by molar-refractivity contribution is 6.62. The molecular weight excluding hydrogens is 263 g/mol. The van der Waals surface area contributed by atoms with Gasteiger partial charge in [-0.15, -0.1) is 0 Å². The smallest absolute Gasteiger partial charge is 0.472 e. The lowest BCUT2D eigenvalue weighted by Gasteiger charge is -2.32. The van der Waals surface area contributed by atoms with E-state index in [0.29, 0.717) is 0 Å². The first kappa shape index (κ1) is 14.8. The van der Waals surface area contributed by atoms with E-state index in [9.17, 15) is 9.59 Å². The third-order valence-corrected chi connectivity index (χ3v) is 3.80. The molecule has 2 rings (SSSR count). The molecule has 20 heavy (non-hydrogen) atoms. The van der Waals surface area contributed by atoms with Gasteiger partial charge in [-0.3, -0.25) is 4.79 Å². The Morgan fingerprint density at radius 3 is 2.20 bits per heavy atom. The van der Waals surface area contributed by atoms with Gasteiger partial charge in [0.05, 0.1) is 30.0 Å². The molecule has 0 amide bonds. The van der Waals surface area contributed by atoms with E-state index in [0.717, 1.165) is 6.26 Å². The van der Waals surface area contributed by atoms with Gasteiger partial charge in [-0.1, -0.05) is 0 Å². The third kappa shape index (κ3) is 2.27. The molecule has 0 N–H and O–H groups in total. The first-order valence-corrected chi connectivity index (χ1v) is 6.24. The Bertz CT molecular complexity index is 573. The van der Waals surface area contributed by atoms with Gasteiger partial charge in [0.25, 0.3) is 0 Å². The van der Waals surface area contributed by atoms with Crippen LogP contribution in [-0.2, 0) is 14.0 Å². The van der Waals surface area contributed by atoms with Gasteiger partial charge in [-0.05, 0) is 27.7 Å². The van der Waals surface area contributed by atoms with Crippen molar-refractivity contribution in [1.82, 2.24) is 0 Å². The largest absolute Gasteiger partial charge is 0.502 e. The van der Waals surface area contributed by atoms with Crippen LogP contribution in [0, 0.1) is 0 Å². The van der Waals surface area contributed by atoms with Gasteiger partial charge in [0.2, 0.25) is 0 Å². The van der Waals surface area contributed by atoms with Crippen LogP contribution in [0.2, 0.25) is 0 Å². The summed E-state index contributed by atoms with van der Waals surface area (Å²) in [6, 6.07) is 0. The van der Waals surface area contributed by atoms with Crippen molar-refractivity contribution < 1.29 is 23.3 Å². The van der Waals surface area contributed by atoms with Crippen molar-refractivity contribution in [3.05, 3.63) is 28.3 Å². The standard InChI is InChI=1S/C13H17BO6/c1-12(2)13(3,4)20-14(19-12)9-7-18-6-8(10(9)15)11(16)17-5/h6-7H,1-5H3. The van der Waals surface area contributed by atoms with Gasteiger partial charge in [0.15, 0.2) is 5.43 Å². The number of carbonyl (C=O) groups is 1. The first-order chi connectivity index (χ1) is 9.19. The second-order valence-electron chi connectivity index (χ2n) is 5.65. The Morgan fingerprint density at radius 1 is 1.15 bits per heavy atom. The molecule has 0 radical (unpaired) electrons. The van der Waals surface area contributed by atoms with E-state index in [1.165, 1.54) is 13.4 Å². The highest BCUT2D eigenvalue weighted by Crippen LogP contribution is 2.36. The molecular formula is C13H17BO6. The van der Waals surface area contributed by atoms with Crippen molar-refractivity contribution >= 4 is 18.6 Å². The molecule has 108 valence electrons. The molecule has 0 aliphatic carbocycles. The Morgan fingerprint density at radius 2 is 1.70 bits per heavy atom. The van der Waals surface area contributed by atoms with Gasteiger partial charge in [0.1, 0.15) is 11.8 Å². The SMILES string of the molecule is COC(=O)c1cocc(B2OC(C)(C)C(C)(C)O2)c1=O. The summed E-state index contributed by atoms with van der Waals surface area (Å²) >= 11 is 0. The van der Waals surface area contributed by atoms with Crippen LogP contribution in [0.15, 0.2) is 21.7 Å². The molecule has 1 aliphatic rings. The van der Waals surface area contributed by atoms with Crippen LogP contribution in [0.1, 0.15) is 38.1 Å². The highest BCUT2D eigenvalue weighted by atomic mass is 16.7. The van der Waals surface area contributed by atoms with Crippen molar-refractivity contribution in [2.24, 2.45) is 0 Å². The molecule has 0 saturated carbocycles. The molecule has 6 nitrogen and oxygen atoms in total. The van der Waals surface area contributed by atoms with Crippen LogP contribution in [0.5, 0.6) is 0 Å². The molecule has 1 aromatic heterocycles. The lowest BCUT2D eigenvalue weighted by molar-refractivity contribution is 0.00578. The van der Waals surface area contributed by atoms with Crippen LogP contribution in [0.3, 0.4) is 0 Å². The third-order valence-electron chi connectivity index (χ3n) is 3.80. The maximum atomic E-state index is 12.3. The highest BCUT2D eigenvalue weighted by Gasteiger charge is 2.52. The van der Waals surface area contributed by atoms with Gasteiger partial charge in [-0.25, -0.2) is 4.79 Å². The number of methoxy groups -OCH3 is 1. The minimum Gasteiger partial charge on any atom is -0.472 e. The summed E-state index contributed by atoms with van der Waals surface area (Å²) < 4.78 is 21.1. The molecule has 0 bridgehead atoms. The Labute approximate surface area is 117 Å². The second kappa shape index (κ2) is 4.75. The van der Waals surface area contributed by atoms with Gasteiger partial charge >= 0.3 is 13.1 Å². The Kier molecular flexibility index (Phi) is 3.52. The normalized spacial score (nSPS) is 19.9. The van der Waals surface area contributed by atoms with Crippen molar-refractivity contribution in [2.75, 3.05) is 7.11 Å². The summed E-state index contributed by atoms with van der Waals surface area (Å²) in [5, 5.41) is 0. The van der Waals surface area contributed by atoms with E-state index in [4.69, 9.17) is 13.7 Å². The van der Waals surface area contributed by atoms with Gasteiger partial charge in [0, 0.05) is 0 Å². The summed E-state index contributed by atoms with van der Waals surface area (Å²) in [5.41, 5.74) is -1.70. The number of hydrogen-bond acceptors (Lipinski definition) is 6. The molecule has 1 aromatic rings. The number of rotatable bonds is 2. The van der Waals surface area contributed by atoms with Crippen molar-refractivity contribution in [2.45, 2.75) is 38.9 Å². The Hall–Kier alpha value is -1.60. The molecule has 0 unspecified atom stereocenters. The molecule has 2 heterocycles. The molecule has 0 atom stereocenters. The van der Waals surface area contributed by atoms with E-state index in [1.54, 1.807) is 0 Å². The molecule has 7 heteroatoms. The summed E-state index contributed by atoms with van der Waals surface area (Å²) in [4.78, 5) is 23.7. The van der Waals surface area contributed by atoms with Crippen molar-refractivity contribution in [3.8, 4) is 0 Å². The monoisotopic (exact) mass is 280 g/mol.